The molecule has 0 aromatic heterocycles. The van der Waals surface area contributed by atoms with Crippen LogP contribution in [0.3, 0.4) is 0 Å². The molecule has 1 saturated heterocycles. The third-order valence-electron chi connectivity index (χ3n) is 6.51. The molecule has 5 nitrogen and oxygen atoms in total. The highest BCUT2D eigenvalue weighted by Gasteiger charge is 2.58. The van der Waals surface area contributed by atoms with Crippen molar-refractivity contribution in [3.8, 4) is 0 Å². The third-order valence-corrected chi connectivity index (χ3v) is 6.51. The van der Waals surface area contributed by atoms with Crippen LogP contribution in [-0.2, 0) is 14.3 Å². The lowest BCUT2D eigenvalue weighted by Crippen LogP contribution is -2.49. The Morgan fingerprint density at radius 1 is 1.10 bits per heavy atom. The van der Waals surface area contributed by atoms with E-state index in [2.05, 4.69) is 0 Å². The van der Waals surface area contributed by atoms with Gasteiger partial charge in [0.1, 0.15) is 6.04 Å². The van der Waals surface area contributed by atoms with Crippen molar-refractivity contribution in [1.82, 2.24) is 4.90 Å². The van der Waals surface area contributed by atoms with E-state index in [9.17, 15) is 14.7 Å². The van der Waals surface area contributed by atoms with E-state index in [0.717, 1.165) is 37.7 Å². The third kappa shape index (κ3) is 4.35. The van der Waals surface area contributed by atoms with Crippen LogP contribution < -0.4 is 0 Å². The lowest BCUT2D eigenvalue weighted by Gasteiger charge is -2.36. The van der Waals surface area contributed by atoms with Gasteiger partial charge in [0.15, 0.2) is 0 Å². The molecular formula is C24H35NO4. The number of hydrogen-bond acceptors (Lipinski definition) is 4. The second kappa shape index (κ2) is 8.86. The minimum absolute atomic E-state index is 0.0117. The SMILES string of the molecule is CCOC(=O)C1C(C(C)(C)C)C(O)C(c2ccccc2)N1C(=O)C1CCCCC1. The van der Waals surface area contributed by atoms with Crippen LogP contribution in [0.1, 0.15) is 71.4 Å². The highest BCUT2D eigenvalue weighted by Crippen LogP contribution is 2.49. The summed E-state index contributed by atoms with van der Waals surface area (Å²) in [6.45, 7) is 8.08. The van der Waals surface area contributed by atoms with Gasteiger partial charge in [0.2, 0.25) is 5.91 Å². The van der Waals surface area contributed by atoms with Gasteiger partial charge in [0.05, 0.1) is 18.8 Å². The predicted molar refractivity (Wildman–Crippen MR) is 112 cm³/mol. The number of amides is 1. The molecule has 1 aromatic rings. The molecule has 2 aliphatic rings. The molecule has 4 unspecified atom stereocenters. The molecule has 1 aromatic carbocycles. The van der Waals surface area contributed by atoms with Gasteiger partial charge in [0.25, 0.3) is 0 Å². The summed E-state index contributed by atoms with van der Waals surface area (Å²) in [6.07, 6.45) is 4.09. The summed E-state index contributed by atoms with van der Waals surface area (Å²) in [7, 11) is 0. The van der Waals surface area contributed by atoms with Gasteiger partial charge in [-0.05, 0) is 30.7 Å². The fourth-order valence-corrected chi connectivity index (χ4v) is 5.21. The smallest absolute Gasteiger partial charge is 0.329 e. The molecule has 1 saturated carbocycles. The monoisotopic (exact) mass is 401 g/mol. The minimum Gasteiger partial charge on any atom is -0.464 e. The average molecular weight is 402 g/mol. The quantitative estimate of drug-likeness (QED) is 0.771. The Bertz CT molecular complexity index is 705. The standard InChI is InChI=1S/C24H35NO4/c1-5-29-23(28)20-18(24(2,3)4)21(26)19(16-12-8-6-9-13-16)25(20)22(27)17-14-10-7-11-15-17/h6,8-9,12-13,17-21,26H,5,7,10-11,14-15H2,1-4H3. The summed E-state index contributed by atoms with van der Waals surface area (Å²) >= 11 is 0. The van der Waals surface area contributed by atoms with Gasteiger partial charge in [-0.1, -0.05) is 70.4 Å². The molecule has 1 amide bonds. The van der Waals surface area contributed by atoms with E-state index in [0.29, 0.717) is 0 Å². The first-order chi connectivity index (χ1) is 13.8. The summed E-state index contributed by atoms with van der Waals surface area (Å²) in [5.41, 5.74) is 0.496. The topological polar surface area (TPSA) is 66.8 Å². The van der Waals surface area contributed by atoms with Crippen LogP contribution in [0.15, 0.2) is 30.3 Å². The Morgan fingerprint density at radius 2 is 1.72 bits per heavy atom. The summed E-state index contributed by atoms with van der Waals surface area (Å²) < 4.78 is 5.41. The van der Waals surface area contributed by atoms with Gasteiger partial charge < -0.3 is 14.7 Å². The number of aliphatic hydroxyl groups is 1. The zero-order valence-corrected chi connectivity index (χ0v) is 18.1. The van der Waals surface area contributed by atoms with Crippen LogP contribution in [0.5, 0.6) is 0 Å². The number of esters is 1. The molecule has 29 heavy (non-hydrogen) atoms. The largest absolute Gasteiger partial charge is 0.464 e. The van der Waals surface area contributed by atoms with E-state index >= 15 is 0 Å². The number of rotatable bonds is 4. The van der Waals surface area contributed by atoms with Crippen LogP contribution in [-0.4, -0.2) is 40.6 Å². The maximum absolute atomic E-state index is 13.7. The molecular weight excluding hydrogens is 366 g/mol. The molecule has 0 spiro atoms. The van der Waals surface area contributed by atoms with Gasteiger partial charge in [-0.2, -0.15) is 0 Å². The Balaban J connectivity index is 2.09. The highest BCUT2D eigenvalue weighted by molar-refractivity contribution is 5.87. The molecule has 1 N–H and O–H groups in total. The zero-order chi connectivity index (χ0) is 21.2. The van der Waals surface area contributed by atoms with Gasteiger partial charge in [-0.3, -0.25) is 4.79 Å². The number of aliphatic hydroxyl groups excluding tert-OH is 1. The normalized spacial score (nSPS) is 28.4. The van der Waals surface area contributed by atoms with E-state index < -0.39 is 30.1 Å². The Labute approximate surface area is 174 Å². The van der Waals surface area contributed by atoms with E-state index in [1.807, 2.05) is 51.1 Å². The fourth-order valence-electron chi connectivity index (χ4n) is 5.21. The molecule has 0 radical (unpaired) electrons. The Kier molecular flexibility index (Phi) is 6.67. The van der Waals surface area contributed by atoms with E-state index in [-0.39, 0.29) is 23.8 Å². The van der Waals surface area contributed by atoms with Gasteiger partial charge >= 0.3 is 5.97 Å². The van der Waals surface area contributed by atoms with Crippen LogP contribution in [0.2, 0.25) is 0 Å². The van der Waals surface area contributed by atoms with E-state index in [1.165, 1.54) is 0 Å². The first-order valence-corrected chi connectivity index (χ1v) is 11.0. The van der Waals surface area contributed by atoms with Crippen molar-refractivity contribution in [2.45, 2.75) is 78.0 Å². The van der Waals surface area contributed by atoms with Crippen molar-refractivity contribution in [2.75, 3.05) is 6.61 Å². The molecule has 1 aliphatic carbocycles. The number of likely N-dealkylation sites (tertiary alicyclic amines) is 1. The molecule has 160 valence electrons. The van der Waals surface area contributed by atoms with Crippen LogP contribution in [0.4, 0.5) is 0 Å². The Morgan fingerprint density at radius 3 is 2.28 bits per heavy atom. The molecule has 2 fully saturated rings. The number of hydrogen-bond donors (Lipinski definition) is 1. The molecule has 4 atom stereocenters. The minimum atomic E-state index is -0.834. The summed E-state index contributed by atoms with van der Waals surface area (Å²) in [5.74, 6) is -0.909. The number of benzene rings is 1. The van der Waals surface area contributed by atoms with Crippen LogP contribution >= 0.6 is 0 Å². The zero-order valence-electron chi connectivity index (χ0n) is 18.1. The van der Waals surface area contributed by atoms with Crippen molar-refractivity contribution in [1.29, 1.82) is 0 Å². The van der Waals surface area contributed by atoms with Crippen molar-refractivity contribution in [2.24, 2.45) is 17.3 Å². The molecule has 5 heteroatoms. The van der Waals surface area contributed by atoms with Crippen molar-refractivity contribution < 1.29 is 19.4 Å². The average Bonchev–Trinajstić information content (AvgIpc) is 3.02. The first-order valence-electron chi connectivity index (χ1n) is 11.0. The number of carbonyl (C=O) groups excluding carboxylic acids is 2. The summed E-state index contributed by atoms with van der Waals surface area (Å²) in [6, 6.07) is 8.30. The lowest BCUT2D eigenvalue weighted by molar-refractivity contribution is -0.158. The maximum Gasteiger partial charge on any atom is 0.329 e. The van der Waals surface area contributed by atoms with E-state index in [1.54, 1.807) is 11.8 Å². The van der Waals surface area contributed by atoms with Crippen LogP contribution in [0, 0.1) is 17.3 Å². The number of nitrogens with zero attached hydrogens (tertiary/aromatic N) is 1. The van der Waals surface area contributed by atoms with E-state index in [4.69, 9.17) is 4.74 Å². The second-order valence-electron chi connectivity index (χ2n) is 9.52. The summed E-state index contributed by atoms with van der Waals surface area (Å²) in [4.78, 5) is 28.5. The maximum atomic E-state index is 13.7. The van der Waals surface area contributed by atoms with Gasteiger partial charge in [0, 0.05) is 11.8 Å². The number of ether oxygens (including phenoxy) is 1. The lowest BCUT2D eigenvalue weighted by atomic mass is 9.73. The van der Waals surface area contributed by atoms with Crippen LogP contribution in [0.25, 0.3) is 0 Å². The van der Waals surface area contributed by atoms with Gasteiger partial charge in [-0.25, -0.2) is 4.79 Å². The predicted octanol–water partition coefficient (Wildman–Crippen LogP) is 4.11. The van der Waals surface area contributed by atoms with Crippen molar-refractivity contribution in [3.63, 3.8) is 0 Å². The summed E-state index contributed by atoms with van der Waals surface area (Å²) in [5, 5.41) is 11.4. The Hall–Kier alpha value is -1.88. The molecule has 3 rings (SSSR count). The molecule has 1 heterocycles. The first kappa shape index (κ1) is 21.8. The highest BCUT2D eigenvalue weighted by atomic mass is 16.5. The van der Waals surface area contributed by atoms with Gasteiger partial charge in [-0.15, -0.1) is 0 Å². The fraction of sp³-hybridized carbons (Fsp3) is 0.667. The number of carbonyl (C=O) groups is 2. The second-order valence-corrected chi connectivity index (χ2v) is 9.52. The molecule has 0 bridgehead atoms. The van der Waals surface area contributed by atoms with Crippen molar-refractivity contribution in [3.05, 3.63) is 35.9 Å². The molecule has 1 aliphatic heterocycles. The van der Waals surface area contributed by atoms with Crippen molar-refractivity contribution >= 4 is 11.9 Å².